The fourth-order valence-corrected chi connectivity index (χ4v) is 5.18. The molecule has 1 aromatic heterocycles. The zero-order valence-electron chi connectivity index (χ0n) is 19.2. The Hall–Kier alpha value is -2.62. The van der Waals surface area contributed by atoms with Gasteiger partial charge < -0.3 is 20.5 Å². The average Bonchev–Trinajstić information content (AvgIpc) is 2.85. The minimum atomic E-state index is -3.39. The monoisotopic (exact) mass is 507 g/mol. The molecule has 1 fully saturated rings. The highest BCUT2D eigenvalue weighted by Gasteiger charge is 2.34. The number of ether oxygens (including phenoxy) is 2. The number of aromatic nitrogens is 2. The Morgan fingerprint density at radius 2 is 1.94 bits per heavy atom. The summed E-state index contributed by atoms with van der Waals surface area (Å²) in [4.78, 5) is 24.7. The largest absolute Gasteiger partial charge is 0.480 e. The van der Waals surface area contributed by atoms with Gasteiger partial charge in [0.05, 0.1) is 31.3 Å². The second-order valence-electron chi connectivity index (χ2n) is 7.96. The van der Waals surface area contributed by atoms with Crippen LogP contribution < -0.4 is 21.1 Å². The van der Waals surface area contributed by atoms with Crippen LogP contribution in [0.15, 0.2) is 35.6 Å². The summed E-state index contributed by atoms with van der Waals surface area (Å²) in [6.07, 6.45) is 6.58. The number of benzene rings is 1. The van der Waals surface area contributed by atoms with Gasteiger partial charge in [-0.15, -0.1) is 9.24 Å². The highest BCUT2D eigenvalue weighted by Crippen LogP contribution is 2.28. The molecule has 0 bridgehead atoms. The van der Waals surface area contributed by atoms with Gasteiger partial charge in [0.25, 0.3) is 5.91 Å². The quantitative estimate of drug-likeness (QED) is 0.594. The number of aliphatic imine (C=N–C) groups is 1. The number of rotatable bonds is 4. The van der Waals surface area contributed by atoms with Crippen LogP contribution in [0, 0.1) is 0 Å². The van der Waals surface area contributed by atoms with Crippen LogP contribution in [0.3, 0.4) is 0 Å². The van der Waals surface area contributed by atoms with E-state index < -0.39 is 27.0 Å². The fourth-order valence-electron chi connectivity index (χ4n) is 3.39. The van der Waals surface area contributed by atoms with Gasteiger partial charge in [0.2, 0.25) is 5.88 Å². The summed E-state index contributed by atoms with van der Waals surface area (Å²) >= 11 is 0. The number of amidine groups is 1. The highest BCUT2D eigenvalue weighted by molar-refractivity contribution is 7.92. The summed E-state index contributed by atoms with van der Waals surface area (Å²) in [6.45, 7) is 3.53. The summed E-state index contributed by atoms with van der Waals surface area (Å²) in [6, 6.07) is 4.51. The Morgan fingerprint density at radius 3 is 2.47 bits per heavy atom. The molecule has 3 unspecified atom stereocenters. The molecule has 4 rings (SSSR count). The number of nitrogens with two attached hydrogens (primary N) is 1. The lowest BCUT2D eigenvalue weighted by atomic mass is 10.1. The number of nitrogens with one attached hydrogen (secondary N) is 1. The van der Waals surface area contributed by atoms with Gasteiger partial charge in [-0.3, -0.25) is 9.79 Å². The Bertz CT molecular complexity index is 1130. The Morgan fingerprint density at radius 1 is 1.21 bits per heavy atom. The van der Waals surface area contributed by atoms with Crippen LogP contribution in [0.25, 0.3) is 0 Å². The molecule has 34 heavy (non-hydrogen) atoms. The second-order valence-corrected chi connectivity index (χ2v) is 10.9. The molecule has 1 saturated heterocycles. The molecule has 3 N–H and O–H groups in total. The number of carbonyl (C=O) groups excluding carboxylic acids is 1. The Kier molecular flexibility index (Phi) is 8.93. The van der Waals surface area contributed by atoms with Gasteiger partial charge >= 0.3 is 0 Å². The fraction of sp³-hybridized carbons (Fsp3) is 0.455. The molecule has 2 aliphatic rings. The Balaban J connectivity index is 0.000000469. The molecule has 1 aromatic carbocycles. The molecule has 10 nitrogen and oxygen atoms in total. The van der Waals surface area contributed by atoms with Crippen LogP contribution in [0.2, 0.25) is 0 Å². The van der Waals surface area contributed by atoms with Gasteiger partial charge in [-0.05, 0) is 49.2 Å². The molecule has 1 amide bonds. The van der Waals surface area contributed by atoms with E-state index in [-0.39, 0.29) is 17.3 Å². The summed E-state index contributed by atoms with van der Waals surface area (Å²) in [7, 11) is 0.609. The zero-order valence-corrected chi connectivity index (χ0v) is 21.2. The van der Waals surface area contributed by atoms with Crippen molar-refractivity contribution in [1.29, 1.82) is 0 Å². The van der Waals surface area contributed by atoms with Crippen LogP contribution in [0.5, 0.6) is 5.88 Å². The first-order valence-corrected chi connectivity index (χ1v) is 13.2. The number of carbonyl (C=O) groups is 1. The van der Waals surface area contributed by atoms with Crippen molar-refractivity contribution in [3.8, 4) is 5.88 Å². The van der Waals surface area contributed by atoms with Crippen molar-refractivity contribution in [2.45, 2.75) is 37.5 Å². The third-order valence-electron chi connectivity index (χ3n) is 5.50. The maximum absolute atomic E-state index is 12.4. The van der Waals surface area contributed by atoms with E-state index in [4.69, 9.17) is 15.2 Å². The number of hydrogen-bond donors (Lipinski definition) is 2. The molecule has 3 atom stereocenters. The summed E-state index contributed by atoms with van der Waals surface area (Å²) in [5.74, 6) is -0.207. The summed E-state index contributed by atoms with van der Waals surface area (Å²) in [5, 5.41) is 2.70. The molecule has 2 aliphatic heterocycles. The van der Waals surface area contributed by atoms with E-state index >= 15 is 0 Å². The lowest BCUT2D eigenvalue weighted by Gasteiger charge is -2.25. The topological polar surface area (TPSA) is 146 Å². The van der Waals surface area contributed by atoms with E-state index in [1.165, 1.54) is 45.7 Å². The number of sulfone groups is 1. The van der Waals surface area contributed by atoms with Crippen molar-refractivity contribution in [2.24, 2.45) is 10.7 Å². The van der Waals surface area contributed by atoms with E-state index in [0.717, 1.165) is 18.5 Å². The van der Waals surface area contributed by atoms with Crippen LogP contribution >= 0.6 is 9.24 Å². The number of anilines is 1. The highest BCUT2D eigenvalue weighted by atomic mass is 32.2. The first kappa shape index (κ1) is 26.0. The minimum Gasteiger partial charge on any atom is -0.480 e. The first-order valence-electron chi connectivity index (χ1n) is 10.9. The number of hydrogen-bond acceptors (Lipinski definition) is 9. The molecular formula is C22H30N5O5PS. The smallest absolute Gasteiger partial charge is 0.275 e. The van der Waals surface area contributed by atoms with Crippen molar-refractivity contribution in [2.75, 3.05) is 31.4 Å². The Labute approximate surface area is 201 Å². The zero-order chi connectivity index (χ0) is 24.7. The van der Waals surface area contributed by atoms with Gasteiger partial charge in [-0.25, -0.2) is 18.4 Å². The third kappa shape index (κ3) is 6.71. The maximum atomic E-state index is 12.4. The second kappa shape index (κ2) is 11.7. The van der Waals surface area contributed by atoms with E-state index in [1.54, 1.807) is 18.2 Å². The molecule has 2 aromatic rings. The number of nitrogens with zero attached hydrogens (tertiary/aromatic N) is 3. The summed E-state index contributed by atoms with van der Waals surface area (Å²) in [5.41, 5.74) is 7.07. The SMILES string of the molecule is C1CCOCC1.COc1cnc(C(=O)Nc2ccc(P)c(C3CS(=O)(=O)C(C)C(N)=N3)c2)cn1. The van der Waals surface area contributed by atoms with Gasteiger partial charge in [0.15, 0.2) is 9.84 Å². The lowest BCUT2D eigenvalue weighted by Crippen LogP contribution is -2.41. The van der Waals surface area contributed by atoms with Crippen LogP contribution in [-0.2, 0) is 14.6 Å². The molecular weight excluding hydrogens is 477 g/mol. The van der Waals surface area contributed by atoms with E-state index in [9.17, 15) is 13.2 Å². The van der Waals surface area contributed by atoms with E-state index in [0.29, 0.717) is 17.1 Å². The van der Waals surface area contributed by atoms with Gasteiger partial charge in [0, 0.05) is 18.9 Å². The van der Waals surface area contributed by atoms with Gasteiger partial charge in [-0.2, -0.15) is 0 Å². The third-order valence-corrected chi connectivity index (χ3v) is 8.13. The minimum absolute atomic E-state index is 0.0867. The van der Waals surface area contributed by atoms with Crippen LogP contribution in [-0.4, -0.2) is 61.5 Å². The van der Waals surface area contributed by atoms with E-state index in [2.05, 4.69) is 29.5 Å². The predicted molar refractivity (Wildman–Crippen MR) is 135 cm³/mol. The molecule has 3 heterocycles. The number of amides is 1. The molecule has 0 radical (unpaired) electrons. The van der Waals surface area contributed by atoms with E-state index in [1.807, 2.05) is 0 Å². The predicted octanol–water partition coefficient (Wildman–Crippen LogP) is 1.64. The van der Waals surface area contributed by atoms with Crippen molar-refractivity contribution in [3.63, 3.8) is 0 Å². The number of methoxy groups -OCH3 is 1. The van der Waals surface area contributed by atoms with Crippen LogP contribution in [0.1, 0.15) is 48.3 Å². The van der Waals surface area contributed by atoms with Gasteiger partial charge in [0.1, 0.15) is 16.8 Å². The van der Waals surface area contributed by atoms with Crippen molar-refractivity contribution >= 4 is 41.8 Å². The summed E-state index contributed by atoms with van der Waals surface area (Å²) < 4.78 is 34.6. The van der Waals surface area contributed by atoms with Crippen molar-refractivity contribution in [3.05, 3.63) is 41.9 Å². The molecule has 0 aliphatic carbocycles. The van der Waals surface area contributed by atoms with Crippen LogP contribution in [0.4, 0.5) is 5.69 Å². The maximum Gasteiger partial charge on any atom is 0.275 e. The average molecular weight is 508 g/mol. The molecule has 0 spiro atoms. The van der Waals surface area contributed by atoms with Crippen molar-refractivity contribution < 1.29 is 22.7 Å². The molecule has 184 valence electrons. The van der Waals surface area contributed by atoms with Crippen molar-refractivity contribution in [1.82, 2.24) is 9.97 Å². The normalized spacial score (nSPS) is 21.4. The lowest BCUT2D eigenvalue weighted by molar-refractivity contribution is 0.0968. The van der Waals surface area contributed by atoms with Gasteiger partial charge in [-0.1, -0.05) is 6.07 Å². The molecule has 0 saturated carbocycles. The molecule has 12 heteroatoms. The standard InChI is InChI=1S/C17H20N5O4PS.C5H10O/c1-9-16(18)22-13(8-28(9,24)25)11-5-10(3-4-14(11)27)21-17(23)12-6-20-15(26-2)7-19-12;1-2-4-6-5-3-1/h3-7,9,13H,8,27H2,1-2H3,(H2,18,22)(H,21,23);1-5H2. The first-order chi connectivity index (χ1) is 16.2.